The molecule has 7 nitrogen and oxygen atoms in total. The number of amides is 1. The van der Waals surface area contributed by atoms with Crippen molar-refractivity contribution < 1.29 is 9.53 Å². The lowest BCUT2D eigenvalue weighted by atomic mass is 10.0. The molecular formula is C17H31N5O2S. The van der Waals surface area contributed by atoms with Crippen LogP contribution in [-0.4, -0.2) is 42.8 Å². The van der Waals surface area contributed by atoms with Gasteiger partial charge < -0.3 is 20.7 Å². The zero-order valence-corrected chi connectivity index (χ0v) is 16.7. The standard InChI is InChI=1S/C17H31N5O2S/c1-6-18-16(21-11-15-19-9-13(5)25-15)20-10-14(8-12(3)4)22-17(23)24-7-2/h9,12,14H,6-8,10-11H2,1-5H3,(H,22,23)(H2,18,20,21). The summed E-state index contributed by atoms with van der Waals surface area (Å²) in [4.78, 5) is 21.8. The van der Waals surface area contributed by atoms with Crippen molar-refractivity contribution in [1.82, 2.24) is 20.9 Å². The van der Waals surface area contributed by atoms with Gasteiger partial charge in [-0.25, -0.2) is 14.8 Å². The average Bonchev–Trinajstić information content (AvgIpc) is 2.95. The van der Waals surface area contributed by atoms with Gasteiger partial charge in [-0.2, -0.15) is 0 Å². The van der Waals surface area contributed by atoms with Gasteiger partial charge in [0.05, 0.1) is 13.2 Å². The lowest BCUT2D eigenvalue weighted by molar-refractivity contribution is 0.146. The van der Waals surface area contributed by atoms with E-state index in [2.05, 4.69) is 39.8 Å². The number of nitrogens with zero attached hydrogens (tertiary/aromatic N) is 2. The molecule has 0 saturated carbocycles. The van der Waals surface area contributed by atoms with E-state index >= 15 is 0 Å². The third-order valence-electron chi connectivity index (χ3n) is 3.26. The molecule has 0 aliphatic rings. The van der Waals surface area contributed by atoms with Crippen molar-refractivity contribution in [2.75, 3.05) is 19.7 Å². The second-order valence-electron chi connectivity index (χ2n) is 6.13. The Balaban J connectivity index is 2.61. The maximum absolute atomic E-state index is 11.7. The van der Waals surface area contributed by atoms with Gasteiger partial charge in [-0.05, 0) is 33.1 Å². The molecule has 3 N–H and O–H groups in total. The number of rotatable bonds is 9. The summed E-state index contributed by atoms with van der Waals surface area (Å²) in [5.41, 5.74) is 0. The van der Waals surface area contributed by atoms with Crippen molar-refractivity contribution in [3.63, 3.8) is 0 Å². The number of carbonyl (C=O) groups excluding carboxylic acids is 1. The van der Waals surface area contributed by atoms with Crippen molar-refractivity contribution >= 4 is 23.4 Å². The van der Waals surface area contributed by atoms with Gasteiger partial charge in [0.1, 0.15) is 5.01 Å². The summed E-state index contributed by atoms with van der Waals surface area (Å²) in [5, 5.41) is 10.4. The highest BCUT2D eigenvalue weighted by Crippen LogP contribution is 2.11. The molecular weight excluding hydrogens is 338 g/mol. The fourth-order valence-electron chi connectivity index (χ4n) is 2.28. The number of guanidine groups is 1. The number of hydrogen-bond donors (Lipinski definition) is 3. The van der Waals surface area contributed by atoms with Crippen LogP contribution in [0.1, 0.15) is 44.0 Å². The van der Waals surface area contributed by atoms with Crippen LogP contribution in [0.4, 0.5) is 4.79 Å². The molecule has 0 saturated heterocycles. The Kier molecular flexibility index (Phi) is 9.91. The summed E-state index contributed by atoms with van der Waals surface area (Å²) < 4.78 is 4.99. The number of aliphatic imine (C=N–C) groups is 1. The molecule has 0 aliphatic heterocycles. The SMILES string of the molecule is CCNC(=NCc1ncc(C)s1)NCC(CC(C)C)NC(=O)OCC. The number of thiazole rings is 1. The maximum atomic E-state index is 11.7. The third kappa shape index (κ3) is 9.28. The number of hydrogen-bond acceptors (Lipinski definition) is 5. The molecule has 0 fully saturated rings. The molecule has 8 heteroatoms. The Morgan fingerprint density at radius 2 is 2.12 bits per heavy atom. The van der Waals surface area contributed by atoms with E-state index < -0.39 is 0 Å². The zero-order valence-electron chi connectivity index (χ0n) is 15.9. The summed E-state index contributed by atoms with van der Waals surface area (Å²) in [6, 6.07) is -0.0231. The smallest absolute Gasteiger partial charge is 0.407 e. The first kappa shape index (κ1) is 21.2. The highest BCUT2D eigenvalue weighted by atomic mass is 32.1. The van der Waals surface area contributed by atoms with Crippen LogP contribution < -0.4 is 16.0 Å². The molecule has 1 rings (SSSR count). The first-order valence-electron chi connectivity index (χ1n) is 8.81. The van der Waals surface area contributed by atoms with Gasteiger partial charge in [0.15, 0.2) is 5.96 Å². The molecule has 0 bridgehead atoms. The van der Waals surface area contributed by atoms with Gasteiger partial charge in [-0.1, -0.05) is 13.8 Å². The summed E-state index contributed by atoms with van der Waals surface area (Å²) in [5.74, 6) is 1.18. The van der Waals surface area contributed by atoms with Crippen LogP contribution in [0, 0.1) is 12.8 Å². The molecule has 0 radical (unpaired) electrons. The van der Waals surface area contributed by atoms with Gasteiger partial charge in [0.2, 0.25) is 0 Å². The van der Waals surface area contributed by atoms with Gasteiger partial charge in [0, 0.05) is 30.2 Å². The van der Waals surface area contributed by atoms with Crippen molar-refractivity contribution in [1.29, 1.82) is 0 Å². The van der Waals surface area contributed by atoms with Crippen LogP contribution in [0.2, 0.25) is 0 Å². The van der Waals surface area contributed by atoms with Crippen LogP contribution >= 0.6 is 11.3 Å². The van der Waals surface area contributed by atoms with E-state index in [4.69, 9.17) is 4.74 Å². The molecule has 0 aliphatic carbocycles. The molecule has 1 aromatic rings. The van der Waals surface area contributed by atoms with E-state index in [1.54, 1.807) is 18.3 Å². The highest BCUT2D eigenvalue weighted by molar-refractivity contribution is 7.11. The van der Waals surface area contributed by atoms with Crippen LogP contribution in [0.15, 0.2) is 11.2 Å². The number of ether oxygens (including phenoxy) is 1. The van der Waals surface area contributed by atoms with E-state index in [1.165, 1.54) is 4.88 Å². The zero-order chi connectivity index (χ0) is 18.7. The van der Waals surface area contributed by atoms with E-state index in [-0.39, 0.29) is 12.1 Å². The van der Waals surface area contributed by atoms with Crippen molar-refractivity contribution in [3.05, 3.63) is 16.1 Å². The largest absolute Gasteiger partial charge is 0.450 e. The fraction of sp³-hybridized carbons (Fsp3) is 0.706. The Hall–Kier alpha value is -1.83. The Morgan fingerprint density at radius 3 is 2.68 bits per heavy atom. The molecule has 142 valence electrons. The number of aromatic nitrogens is 1. The molecule has 1 amide bonds. The Bertz CT molecular complexity index is 545. The van der Waals surface area contributed by atoms with E-state index in [0.717, 1.165) is 23.9 Å². The molecule has 1 atom stereocenters. The van der Waals surface area contributed by atoms with Crippen molar-refractivity contribution in [2.45, 2.75) is 53.6 Å². The predicted octanol–water partition coefficient (Wildman–Crippen LogP) is 2.67. The number of nitrogens with one attached hydrogen (secondary N) is 3. The third-order valence-corrected chi connectivity index (χ3v) is 4.15. The molecule has 0 spiro atoms. The van der Waals surface area contributed by atoms with Crippen LogP contribution in [-0.2, 0) is 11.3 Å². The van der Waals surface area contributed by atoms with Crippen molar-refractivity contribution in [2.24, 2.45) is 10.9 Å². The molecule has 1 heterocycles. The topological polar surface area (TPSA) is 87.6 Å². The number of carbonyl (C=O) groups is 1. The van der Waals surface area contributed by atoms with E-state index in [0.29, 0.717) is 25.6 Å². The van der Waals surface area contributed by atoms with E-state index in [9.17, 15) is 4.79 Å². The maximum Gasteiger partial charge on any atom is 0.407 e. The predicted molar refractivity (Wildman–Crippen MR) is 103 cm³/mol. The minimum atomic E-state index is -0.379. The Labute approximate surface area is 154 Å². The average molecular weight is 370 g/mol. The van der Waals surface area contributed by atoms with Gasteiger partial charge in [-0.3, -0.25) is 0 Å². The first-order valence-corrected chi connectivity index (χ1v) is 9.62. The first-order chi connectivity index (χ1) is 11.9. The van der Waals surface area contributed by atoms with Gasteiger partial charge in [-0.15, -0.1) is 11.3 Å². The van der Waals surface area contributed by atoms with Crippen LogP contribution in [0.5, 0.6) is 0 Å². The van der Waals surface area contributed by atoms with Gasteiger partial charge in [0.25, 0.3) is 0 Å². The highest BCUT2D eigenvalue weighted by Gasteiger charge is 2.15. The quantitative estimate of drug-likeness (QED) is 0.460. The number of alkyl carbamates (subject to hydrolysis) is 1. The lowest BCUT2D eigenvalue weighted by Crippen LogP contribution is -2.47. The lowest BCUT2D eigenvalue weighted by Gasteiger charge is -2.22. The van der Waals surface area contributed by atoms with Crippen LogP contribution in [0.3, 0.4) is 0 Å². The molecule has 1 unspecified atom stereocenters. The van der Waals surface area contributed by atoms with Crippen molar-refractivity contribution in [3.8, 4) is 0 Å². The number of aryl methyl sites for hydroxylation is 1. The molecule has 25 heavy (non-hydrogen) atoms. The summed E-state index contributed by atoms with van der Waals surface area (Å²) >= 11 is 1.65. The second-order valence-corrected chi connectivity index (χ2v) is 7.45. The fourth-order valence-corrected chi connectivity index (χ4v) is 3.00. The van der Waals surface area contributed by atoms with Crippen LogP contribution in [0.25, 0.3) is 0 Å². The monoisotopic (exact) mass is 369 g/mol. The molecule has 1 aromatic heterocycles. The minimum Gasteiger partial charge on any atom is -0.450 e. The summed E-state index contributed by atoms with van der Waals surface area (Å²) in [6.45, 7) is 12.4. The molecule has 0 aromatic carbocycles. The minimum absolute atomic E-state index is 0.0231. The van der Waals surface area contributed by atoms with Gasteiger partial charge >= 0.3 is 6.09 Å². The Morgan fingerprint density at radius 1 is 1.36 bits per heavy atom. The second kappa shape index (κ2) is 11.7. The van der Waals surface area contributed by atoms with E-state index in [1.807, 2.05) is 20.0 Å². The normalized spacial score (nSPS) is 12.8. The summed E-state index contributed by atoms with van der Waals surface area (Å²) in [6.07, 6.45) is 2.34. The summed E-state index contributed by atoms with van der Waals surface area (Å²) in [7, 11) is 0.